The van der Waals surface area contributed by atoms with Crippen molar-refractivity contribution in [1.29, 1.82) is 0 Å². The van der Waals surface area contributed by atoms with Gasteiger partial charge in [-0.05, 0) is 32.2 Å². The molecule has 1 heterocycles. The van der Waals surface area contributed by atoms with Gasteiger partial charge >= 0.3 is 0 Å². The molecule has 0 radical (unpaired) electrons. The van der Waals surface area contributed by atoms with Crippen molar-refractivity contribution in [3.05, 3.63) is 11.6 Å². The first-order valence-corrected chi connectivity index (χ1v) is 9.58. The maximum atomic E-state index is 3.78. The minimum Gasteiger partial charge on any atom is -0.310 e. The maximum absolute atomic E-state index is 3.78. The number of hydrogen-bond donors (Lipinski definition) is 1. The van der Waals surface area contributed by atoms with Crippen LogP contribution in [0.4, 0.5) is 0 Å². The van der Waals surface area contributed by atoms with Gasteiger partial charge in [0.1, 0.15) is 0 Å². The molecular formula is C15H27NS2. The molecular weight excluding hydrogens is 258 g/mol. The first kappa shape index (κ1) is 14.8. The van der Waals surface area contributed by atoms with Gasteiger partial charge in [0, 0.05) is 28.0 Å². The van der Waals surface area contributed by atoms with Gasteiger partial charge in [0.25, 0.3) is 0 Å². The van der Waals surface area contributed by atoms with Gasteiger partial charge in [0.2, 0.25) is 0 Å². The van der Waals surface area contributed by atoms with Crippen LogP contribution in [0.2, 0.25) is 0 Å². The van der Waals surface area contributed by atoms with E-state index in [4.69, 9.17) is 0 Å². The predicted molar refractivity (Wildman–Crippen MR) is 86.8 cm³/mol. The van der Waals surface area contributed by atoms with Gasteiger partial charge in [-0.3, -0.25) is 0 Å². The molecule has 1 fully saturated rings. The van der Waals surface area contributed by atoms with Crippen molar-refractivity contribution in [2.75, 3.05) is 18.1 Å². The molecule has 1 aliphatic heterocycles. The van der Waals surface area contributed by atoms with Gasteiger partial charge in [-0.1, -0.05) is 31.9 Å². The molecule has 2 rings (SSSR count). The Bertz CT molecular complexity index is 278. The summed E-state index contributed by atoms with van der Waals surface area (Å²) in [5.74, 6) is 2.66. The van der Waals surface area contributed by atoms with Crippen LogP contribution in [0.3, 0.4) is 0 Å². The minimum absolute atomic E-state index is 0.626. The Morgan fingerprint density at radius 3 is 2.89 bits per heavy atom. The number of allylic oxidation sites excluding steroid dienone is 1. The quantitative estimate of drug-likeness (QED) is 0.781. The third-order valence-corrected chi connectivity index (χ3v) is 7.16. The van der Waals surface area contributed by atoms with Crippen molar-refractivity contribution < 1.29 is 0 Å². The molecule has 0 amide bonds. The molecule has 104 valence electrons. The molecule has 0 aromatic heterocycles. The summed E-state index contributed by atoms with van der Waals surface area (Å²) in [7, 11) is 0. The molecule has 0 bridgehead atoms. The van der Waals surface area contributed by atoms with E-state index in [9.17, 15) is 0 Å². The van der Waals surface area contributed by atoms with Crippen molar-refractivity contribution >= 4 is 23.5 Å². The number of hydrogen-bond acceptors (Lipinski definition) is 3. The van der Waals surface area contributed by atoms with E-state index < -0.39 is 0 Å². The zero-order chi connectivity index (χ0) is 12.8. The monoisotopic (exact) mass is 285 g/mol. The van der Waals surface area contributed by atoms with Crippen LogP contribution in [-0.4, -0.2) is 34.6 Å². The summed E-state index contributed by atoms with van der Waals surface area (Å²) < 4.78 is 0. The third-order valence-electron chi connectivity index (χ3n) is 3.97. The van der Waals surface area contributed by atoms with Crippen molar-refractivity contribution in [2.24, 2.45) is 0 Å². The van der Waals surface area contributed by atoms with E-state index in [2.05, 4.69) is 48.8 Å². The lowest BCUT2D eigenvalue weighted by Crippen LogP contribution is -2.45. The third kappa shape index (κ3) is 3.94. The lowest BCUT2D eigenvalue weighted by Gasteiger charge is -2.36. The number of likely N-dealkylation sites (N-methyl/N-ethyl adjacent to an activating group) is 1. The first-order valence-electron chi connectivity index (χ1n) is 7.48. The van der Waals surface area contributed by atoms with Gasteiger partial charge in [-0.25, -0.2) is 0 Å². The van der Waals surface area contributed by atoms with Gasteiger partial charge in [0.15, 0.2) is 0 Å². The molecule has 0 aromatic rings. The van der Waals surface area contributed by atoms with Crippen LogP contribution in [-0.2, 0) is 0 Å². The summed E-state index contributed by atoms with van der Waals surface area (Å²) in [5.41, 5.74) is 1.71. The lowest BCUT2D eigenvalue weighted by molar-refractivity contribution is 0.540. The average Bonchev–Trinajstić information content (AvgIpc) is 2.66. The summed E-state index contributed by atoms with van der Waals surface area (Å²) in [6.45, 7) is 5.76. The molecule has 1 N–H and O–H groups in total. The van der Waals surface area contributed by atoms with Crippen LogP contribution in [0.1, 0.15) is 46.0 Å². The Balaban J connectivity index is 2.07. The van der Waals surface area contributed by atoms with Crippen LogP contribution in [0, 0.1) is 0 Å². The van der Waals surface area contributed by atoms with E-state index in [1.54, 1.807) is 5.57 Å². The average molecular weight is 286 g/mol. The van der Waals surface area contributed by atoms with E-state index in [-0.39, 0.29) is 0 Å². The second-order valence-corrected chi connectivity index (χ2v) is 8.10. The van der Waals surface area contributed by atoms with Crippen molar-refractivity contribution in [3.63, 3.8) is 0 Å². The lowest BCUT2D eigenvalue weighted by atomic mass is 9.97. The highest BCUT2D eigenvalue weighted by molar-refractivity contribution is 8.07. The molecule has 1 nitrogen and oxygen atoms in total. The Labute approximate surface area is 121 Å². The Morgan fingerprint density at radius 1 is 1.28 bits per heavy atom. The summed E-state index contributed by atoms with van der Waals surface area (Å²) in [5, 5.41) is 5.34. The minimum atomic E-state index is 0.626. The van der Waals surface area contributed by atoms with Crippen LogP contribution < -0.4 is 5.32 Å². The van der Waals surface area contributed by atoms with E-state index in [1.165, 1.54) is 43.6 Å². The van der Waals surface area contributed by atoms with Crippen LogP contribution in [0.15, 0.2) is 11.6 Å². The van der Waals surface area contributed by atoms with Crippen LogP contribution >= 0.6 is 23.5 Å². The molecule has 2 aliphatic rings. The highest BCUT2D eigenvalue weighted by Gasteiger charge is 2.31. The standard InChI is InChI=1S/C15H27NS2/c1-3-16-14(13-8-6-4-5-7-9-13)15-12(2)17-10-11-18-15/h8,12,14-16H,3-7,9-11H2,1-2H3. The van der Waals surface area contributed by atoms with Crippen molar-refractivity contribution in [1.82, 2.24) is 5.32 Å². The SMILES string of the molecule is CCNC(C1=CCCCCC1)C1SCCSC1C. The van der Waals surface area contributed by atoms with Gasteiger partial charge in [-0.2, -0.15) is 23.5 Å². The molecule has 1 aliphatic carbocycles. The van der Waals surface area contributed by atoms with Gasteiger partial charge in [-0.15, -0.1) is 0 Å². The Hall–Kier alpha value is 0.400. The normalized spacial score (nSPS) is 31.6. The second-order valence-electron chi connectivity index (χ2n) is 5.33. The largest absolute Gasteiger partial charge is 0.310 e. The first-order chi connectivity index (χ1) is 8.83. The highest BCUT2D eigenvalue weighted by Crippen LogP contribution is 2.36. The molecule has 18 heavy (non-hydrogen) atoms. The fourth-order valence-electron chi connectivity index (χ4n) is 3.02. The highest BCUT2D eigenvalue weighted by atomic mass is 32.2. The molecule has 0 saturated carbocycles. The molecule has 0 aromatic carbocycles. The molecule has 3 unspecified atom stereocenters. The summed E-state index contributed by atoms with van der Waals surface area (Å²) in [6, 6.07) is 0.626. The zero-order valence-corrected chi connectivity index (χ0v) is 13.4. The fraction of sp³-hybridized carbons (Fsp3) is 0.867. The topological polar surface area (TPSA) is 12.0 Å². The van der Waals surface area contributed by atoms with Crippen molar-refractivity contribution in [3.8, 4) is 0 Å². The Kier molecular flexibility index (Phi) is 6.46. The predicted octanol–water partition coefficient (Wildman–Crippen LogP) is 4.09. The van der Waals surface area contributed by atoms with Gasteiger partial charge in [0.05, 0.1) is 0 Å². The fourth-order valence-corrected chi connectivity index (χ4v) is 5.98. The van der Waals surface area contributed by atoms with E-state index in [0.717, 1.165) is 17.0 Å². The number of nitrogens with one attached hydrogen (secondary N) is 1. The molecule has 3 atom stereocenters. The Morgan fingerprint density at radius 2 is 2.11 bits per heavy atom. The van der Waals surface area contributed by atoms with E-state index >= 15 is 0 Å². The zero-order valence-electron chi connectivity index (χ0n) is 11.8. The molecule has 0 spiro atoms. The number of thioether (sulfide) groups is 2. The molecule has 3 heteroatoms. The second kappa shape index (κ2) is 7.86. The van der Waals surface area contributed by atoms with E-state index in [0.29, 0.717) is 6.04 Å². The van der Waals surface area contributed by atoms with Crippen LogP contribution in [0.5, 0.6) is 0 Å². The summed E-state index contributed by atoms with van der Waals surface area (Å²) >= 11 is 4.36. The van der Waals surface area contributed by atoms with E-state index in [1.807, 2.05) is 0 Å². The molecule has 1 saturated heterocycles. The smallest absolute Gasteiger partial charge is 0.0410 e. The maximum Gasteiger partial charge on any atom is 0.0410 e. The summed E-state index contributed by atoms with van der Waals surface area (Å²) in [4.78, 5) is 0. The summed E-state index contributed by atoms with van der Waals surface area (Å²) in [6.07, 6.45) is 9.38. The van der Waals surface area contributed by atoms with Crippen LogP contribution in [0.25, 0.3) is 0 Å². The number of rotatable bonds is 4. The van der Waals surface area contributed by atoms with Crippen molar-refractivity contribution in [2.45, 2.75) is 62.5 Å². The van der Waals surface area contributed by atoms with Gasteiger partial charge < -0.3 is 5.32 Å².